The Hall–Kier alpha value is -0.820. The number of aromatic nitrogens is 2. The van der Waals surface area contributed by atoms with Crippen LogP contribution in [0, 0.1) is 18.3 Å². The minimum Gasteiger partial charge on any atom is -0.270 e. The first-order chi connectivity index (χ1) is 5.24. The van der Waals surface area contributed by atoms with Crippen LogP contribution in [0.15, 0.2) is 10.7 Å². The fourth-order valence-electron chi connectivity index (χ4n) is 0.773. The summed E-state index contributed by atoms with van der Waals surface area (Å²) in [6.07, 6.45) is 2.39. The van der Waals surface area contributed by atoms with Crippen LogP contribution in [0.1, 0.15) is 12.1 Å². The maximum atomic E-state index is 8.30. The molecule has 0 aliphatic rings. The van der Waals surface area contributed by atoms with Gasteiger partial charge in [-0.15, -0.1) is 0 Å². The summed E-state index contributed by atoms with van der Waals surface area (Å²) >= 11 is 3.34. The predicted octanol–water partition coefficient (Wildman–Crippen LogP) is 1.87. The van der Waals surface area contributed by atoms with Crippen LogP contribution >= 0.6 is 15.9 Å². The van der Waals surface area contributed by atoms with Crippen molar-refractivity contribution in [2.75, 3.05) is 0 Å². The van der Waals surface area contributed by atoms with E-state index >= 15 is 0 Å². The van der Waals surface area contributed by atoms with Crippen LogP contribution < -0.4 is 0 Å². The third-order valence-electron chi connectivity index (χ3n) is 1.34. The molecule has 0 atom stereocenters. The molecule has 1 heterocycles. The van der Waals surface area contributed by atoms with Crippen molar-refractivity contribution in [1.82, 2.24) is 9.78 Å². The first-order valence-electron chi connectivity index (χ1n) is 3.30. The number of rotatable bonds is 2. The van der Waals surface area contributed by atoms with Gasteiger partial charge in [0.25, 0.3) is 0 Å². The molecule has 1 aromatic rings. The SMILES string of the molecule is Cc1nn(CCC#N)cc1Br. The number of nitrogens with zero attached hydrogens (tertiary/aromatic N) is 3. The molecule has 58 valence electrons. The van der Waals surface area contributed by atoms with Gasteiger partial charge in [-0.05, 0) is 22.9 Å². The van der Waals surface area contributed by atoms with Gasteiger partial charge in [-0.3, -0.25) is 4.68 Å². The lowest BCUT2D eigenvalue weighted by Crippen LogP contribution is -1.97. The lowest BCUT2D eigenvalue weighted by molar-refractivity contribution is 0.622. The molecule has 1 aromatic heterocycles. The Kier molecular flexibility index (Phi) is 2.66. The molecule has 0 bridgehead atoms. The van der Waals surface area contributed by atoms with Crippen LogP contribution in [-0.4, -0.2) is 9.78 Å². The summed E-state index contributed by atoms with van der Waals surface area (Å²) in [5, 5.41) is 12.5. The van der Waals surface area contributed by atoms with Crippen LogP contribution in [0.2, 0.25) is 0 Å². The molecular formula is C7H8BrN3. The van der Waals surface area contributed by atoms with E-state index in [0.29, 0.717) is 13.0 Å². The van der Waals surface area contributed by atoms with E-state index in [1.54, 1.807) is 4.68 Å². The highest BCUT2D eigenvalue weighted by Crippen LogP contribution is 2.12. The minimum atomic E-state index is 0.507. The topological polar surface area (TPSA) is 41.6 Å². The van der Waals surface area contributed by atoms with Gasteiger partial charge in [0, 0.05) is 6.20 Å². The van der Waals surface area contributed by atoms with E-state index in [0.717, 1.165) is 10.2 Å². The molecule has 0 aromatic carbocycles. The third-order valence-corrected chi connectivity index (χ3v) is 2.12. The summed E-state index contributed by atoms with van der Waals surface area (Å²) in [5.41, 5.74) is 0.961. The molecule has 0 radical (unpaired) electrons. The summed E-state index contributed by atoms with van der Waals surface area (Å²) in [5.74, 6) is 0. The number of aryl methyl sites for hydroxylation is 2. The van der Waals surface area contributed by atoms with Crippen molar-refractivity contribution in [1.29, 1.82) is 5.26 Å². The van der Waals surface area contributed by atoms with Crippen LogP contribution in [0.25, 0.3) is 0 Å². The number of hydrogen-bond donors (Lipinski definition) is 0. The first kappa shape index (κ1) is 8.28. The monoisotopic (exact) mass is 213 g/mol. The summed E-state index contributed by atoms with van der Waals surface area (Å²) in [7, 11) is 0. The fraction of sp³-hybridized carbons (Fsp3) is 0.429. The van der Waals surface area contributed by atoms with Crippen LogP contribution in [0.5, 0.6) is 0 Å². The molecule has 0 N–H and O–H groups in total. The molecular weight excluding hydrogens is 206 g/mol. The zero-order valence-electron chi connectivity index (χ0n) is 6.21. The van der Waals surface area contributed by atoms with Crippen molar-refractivity contribution in [2.24, 2.45) is 0 Å². The zero-order valence-corrected chi connectivity index (χ0v) is 7.80. The van der Waals surface area contributed by atoms with Gasteiger partial charge in [-0.2, -0.15) is 10.4 Å². The highest BCUT2D eigenvalue weighted by Gasteiger charge is 1.99. The van der Waals surface area contributed by atoms with Gasteiger partial charge in [0.2, 0.25) is 0 Å². The maximum Gasteiger partial charge on any atom is 0.0735 e. The smallest absolute Gasteiger partial charge is 0.0735 e. The summed E-state index contributed by atoms with van der Waals surface area (Å²) in [6, 6.07) is 2.07. The van der Waals surface area contributed by atoms with Gasteiger partial charge in [0.05, 0.1) is 29.2 Å². The van der Waals surface area contributed by atoms with E-state index in [-0.39, 0.29) is 0 Å². The minimum absolute atomic E-state index is 0.507. The lowest BCUT2D eigenvalue weighted by Gasteiger charge is -1.92. The van der Waals surface area contributed by atoms with Crippen molar-refractivity contribution < 1.29 is 0 Å². The largest absolute Gasteiger partial charge is 0.270 e. The van der Waals surface area contributed by atoms with Gasteiger partial charge in [0.1, 0.15) is 0 Å². The van der Waals surface area contributed by atoms with E-state index in [9.17, 15) is 0 Å². The van der Waals surface area contributed by atoms with E-state index in [4.69, 9.17) is 5.26 Å². The van der Waals surface area contributed by atoms with Gasteiger partial charge in [-0.1, -0.05) is 0 Å². The average molecular weight is 214 g/mol. The molecule has 0 aliphatic heterocycles. The fourth-order valence-corrected chi connectivity index (χ4v) is 1.09. The number of hydrogen-bond acceptors (Lipinski definition) is 2. The Morgan fingerprint density at radius 2 is 2.55 bits per heavy atom. The molecule has 0 saturated heterocycles. The summed E-state index contributed by atoms with van der Waals surface area (Å²) in [6.45, 7) is 2.59. The molecule has 3 nitrogen and oxygen atoms in total. The van der Waals surface area contributed by atoms with Crippen molar-refractivity contribution >= 4 is 15.9 Å². The zero-order chi connectivity index (χ0) is 8.27. The molecule has 0 unspecified atom stereocenters. The van der Waals surface area contributed by atoms with Crippen LogP contribution in [-0.2, 0) is 6.54 Å². The molecule has 4 heteroatoms. The Balaban J connectivity index is 2.67. The Labute approximate surface area is 73.8 Å². The first-order valence-corrected chi connectivity index (χ1v) is 4.10. The highest BCUT2D eigenvalue weighted by molar-refractivity contribution is 9.10. The quantitative estimate of drug-likeness (QED) is 0.753. The second-order valence-electron chi connectivity index (χ2n) is 2.23. The predicted molar refractivity (Wildman–Crippen MR) is 44.9 cm³/mol. The molecule has 0 aliphatic carbocycles. The lowest BCUT2D eigenvalue weighted by atomic mass is 10.5. The molecule has 0 saturated carbocycles. The van der Waals surface area contributed by atoms with Gasteiger partial charge in [-0.25, -0.2) is 0 Å². The van der Waals surface area contributed by atoms with Crippen molar-refractivity contribution in [2.45, 2.75) is 19.9 Å². The van der Waals surface area contributed by atoms with Gasteiger partial charge >= 0.3 is 0 Å². The Morgan fingerprint density at radius 1 is 1.82 bits per heavy atom. The average Bonchev–Trinajstić information content (AvgIpc) is 2.28. The normalized spacial score (nSPS) is 9.55. The van der Waals surface area contributed by atoms with E-state index < -0.39 is 0 Å². The molecule has 1 rings (SSSR count). The molecule has 11 heavy (non-hydrogen) atoms. The van der Waals surface area contributed by atoms with E-state index in [2.05, 4.69) is 27.1 Å². The van der Waals surface area contributed by atoms with E-state index in [1.165, 1.54) is 0 Å². The van der Waals surface area contributed by atoms with Crippen molar-refractivity contribution in [3.8, 4) is 6.07 Å². The second kappa shape index (κ2) is 3.54. The number of nitriles is 1. The standard InChI is InChI=1S/C7H8BrN3/c1-6-7(8)5-11(10-6)4-2-3-9/h5H,2,4H2,1H3. The Morgan fingerprint density at radius 3 is 3.00 bits per heavy atom. The van der Waals surface area contributed by atoms with Crippen LogP contribution in [0.4, 0.5) is 0 Å². The van der Waals surface area contributed by atoms with E-state index in [1.807, 2.05) is 13.1 Å². The molecule has 0 fully saturated rings. The number of halogens is 1. The van der Waals surface area contributed by atoms with Crippen LogP contribution in [0.3, 0.4) is 0 Å². The Bertz CT molecular complexity index is 265. The second-order valence-corrected chi connectivity index (χ2v) is 3.09. The third kappa shape index (κ3) is 2.05. The maximum absolute atomic E-state index is 8.30. The van der Waals surface area contributed by atoms with Gasteiger partial charge < -0.3 is 0 Å². The summed E-state index contributed by atoms with van der Waals surface area (Å²) < 4.78 is 2.76. The highest BCUT2D eigenvalue weighted by atomic mass is 79.9. The molecule has 0 amide bonds. The summed E-state index contributed by atoms with van der Waals surface area (Å²) in [4.78, 5) is 0. The van der Waals surface area contributed by atoms with Crippen molar-refractivity contribution in [3.63, 3.8) is 0 Å². The van der Waals surface area contributed by atoms with Crippen molar-refractivity contribution in [3.05, 3.63) is 16.4 Å². The van der Waals surface area contributed by atoms with Gasteiger partial charge in [0.15, 0.2) is 0 Å². The molecule has 0 spiro atoms.